The first kappa shape index (κ1) is 19.4. The quantitative estimate of drug-likeness (QED) is 0.357. The standard InChI is InChI=1S/C29H20N2O2/c32-28-22-15-7-10-18-26(22)33-29(20-11-3-1-4-12-20,21-13-5-2-6-14-21)27(28)25-19-30-23-16-8-9-17-24(23)31-25/h1-19,27H. The maximum Gasteiger partial charge on any atom is 0.180 e. The third kappa shape index (κ3) is 3.03. The molecular formula is C29H20N2O2. The number of ketones is 1. The van der Waals surface area contributed by atoms with E-state index in [4.69, 9.17) is 9.72 Å². The molecule has 1 aliphatic heterocycles. The van der Waals surface area contributed by atoms with E-state index >= 15 is 0 Å². The van der Waals surface area contributed by atoms with Gasteiger partial charge in [0.2, 0.25) is 0 Å². The van der Waals surface area contributed by atoms with Crippen LogP contribution >= 0.6 is 0 Å². The van der Waals surface area contributed by atoms with Crippen LogP contribution in [0, 0.1) is 0 Å². The fraction of sp³-hybridized carbons (Fsp3) is 0.0690. The average molecular weight is 428 g/mol. The van der Waals surface area contributed by atoms with Crippen LogP contribution in [0.2, 0.25) is 0 Å². The molecule has 0 saturated heterocycles. The van der Waals surface area contributed by atoms with Gasteiger partial charge < -0.3 is 4.74 Å². The van der Waals surface area contributed by atoms with Crippen LogP contribution in [0.3, 0.4) is 0 Å². The third-order valence-corrected chi connectivity index (χ3v) is 6.26. The molecule has 0 N–H and O–H groups in total. The van der Waals surface area contributed by atoms with Gasteiger partial charge in [0.05, 0.1) is 28.5 Å². The Kier molecular flexibility index (Phi) is 4.51. The summed E-state index contributed by atoms with van der Waals surface area (Å²) in [5.41, 5.74) is 3.36. The minimum absolute atomic E-state index is 0.0332. The van der Waals surface area contributed by atoms with E-state index in [1.165, 1.54) is 0 Å². The normalized spacial score (nSPS) is 16.7. The Hall–Kier alpha value is -4.31. The molecule has 33 heavy (non-hydrogen) atoms. The second-order valence-electron chi connectivity index (χ2n) is 8.15. The number of ether oxygens (including phenoxy) is 1. The zero-order valence-electron chi connectivity index (χ0n) is 17.8. The van der Waals surface area contributed by atoms with Crippen molar-refractivity contribution in [2.75, 3.05) is 0 Å². The number of aromatic nitrogens is 2. The lowest BCUT2D eigenvalue weighted by atomic mass is 9.69. The molecule has 1 atom stereocenters. The van der Waals surface area contributed by atoms with Gasteiger partial charge in [-0.05, 0) is 24.3 Å². The van der Waals surface area contributed by atoms with E-state index < -0.39 is 11.5 Å². The van der Waals surface area contributed by atoms with Crippen molar-refractivity contribution >= 4 is 16.8 Å². The van der Waals surface area contributed by atoms with E-state index in [0.717, 1.165) is 22.2 Å². The van der Waals surface area contributed by atoms with Crippen molar-refractivity contribution in [2.45, 2.75) is 11.5 Å². The zero-order valence-corrected chi connectivity index (χ0v) is 17.8. The molecule has 0 aliphatic carbocycles. The lowest BCUT2D eigenvalue weighted by molar-refractivity contribution is 0.0470. The Morgan fingerprint density at radius 3 is 1.94 bits per heavy atom. The Morgan fingerprint density at radius 2 is 1.24 bits per heavy atom. The van der Waals surface area contributed by atoms with Gasteiger partial charge in [0.25, 0.3) is 0 Å². The Balaban J connectivity index is 1.69. The van der Waals surface area contributed by atoms with Gasteiger partial charge >= 0.3 is 0 Å². The summed E-state index contributed by atoms with van der Waals surface area (Å²) in [6.45, 7) is 0. The van der Waals surface area contributed by atoms with Crippen molar-refractivity contribution in [1.82, 2.24) is 9.97 Å². The highest BCUT2D eigenvalue weighted by Crippen LogP contribution is 2.51. The molecule has 0 bridgehead atoms. The number of hydrogen-bond donors (Lipinski definition) is 0. The van der Waals surface area contributed by atoms with E-state index in [9.17, 15) is 4.79 Å². The number of hydrogen-bond acceptors (Lipinski definition) is 4. The molecule has 1 aliphatic rings. The average Bonchev–Trinajstić information content (AvgIpc) is 2.89. The number of carbonyl (C=O) groups is 1. The lowest BCUT2D eigenvalue weighted by Crippen LogP contribution is -2.48. The predicted molar refractivity (Wildman–Crippen MR) is 127 cm³/mol. The fourth-order valence-corrected chi connectivity index (χ4v) is 4.77. The minimum Gasteiger partial charge on any atom is -0.476 e. The van der Waals surface area contributed by atoms with Gasteiger partial charge in [-0.25, -0.2) is 4.98 Å². The largest absolute Gasteiger partial charge is 0.476 e. The minimum atomic E-state index is -1.09. The first-order chi connectivity index (χ1) is 16.3. The molecular weight excluding hydrogens is 408 g/mol. The first-order valence-electron chi connectivity index (χ1n) is 10.9. The summed E-state index contributed by atoms with van der Waals surface area (Å²) in [6, 6.07) is 35.0. The van der Waals surface area contributed by atoms with Crippen LogP contribution in [0.25, 0.3) is 11.0 Å². The van der Waals surface area contributed by atoms with Gasteiger partial charge in [0, 0.05) is 11.1 Å². The predicted octanol–water partition coefficient (Wildman–Crippen LogP) is 5.93. The van der Waals surface area contributed by atoms with Crippen molar-refractivity contribution in [3.05, 3.63) is 138 Å². The molecule has 1 aromatic heterocycles. The van der Waals surface area contributed by atoms with Crippen LogP contribution in [0.4, 0.5) is 0 Å². The van der Waals surface area contributed by atoms with Gasteiger partial charge in [-0.15, -0.1) is 0 Å². The van der Waals surface area contributed by atoms with Crippen molar-refractivity contribution in [1.29, 1.82) is 0 Å². The SMILES string of the molecule is O=C1c2ccccc2OC(c2ccccc2)(c2ccccc2)C1c1cnc2ccccc2n1. The van der Waals surface area contributed by atoms with Crippen molar-refractivity contribution < 1.29 is 9.53 Å². The number of para-hydroxylation sites is 3. The molecule has 4 nitrogen and oxygen atoms in total. The number of nitrogens with zero attached hydrogens (tertiary/aromatic N) is 2. The number of Topliss-reactive ketones (excluding diaryl/α,β-unsaturated/α-hetero) is 1. The molecule has 6 rings (SSSR count). The number of fused-ring (bicyclic) bond motifs is 2. The Bertz CT molecular complexity index is 1430. The van der Waals surface area contributed by atoms with Gasteiger partial charge in [0.1, 0.15) is 11.7 Å². The summed E-state index contributed by atoms with van der Waals surface area (Å²) < 4.78 is 6.85. The molecule has 0 amide bonds. The second kappa shape index (κ2) is 7.68. The summed E-state index contributed by atoms with van der Waals surface area (Å²) in [5.74, 6) is -0.177. The van der Waals surface area contributed by atoms with Crippen molar-refractivity contribution in [3.63, 3.8) is 0 Å². The molecule has 4 heteroatoms. The third-order valence-electron chi connectivity index (χ3n) is 6.26. The van der Waals surface area contributed by atoms with Crippen molar-refractivity contribution in [3.8, 4) is 5.75 Å². The molecule has 0 fully saturated rings. The maximum atomic E-state index is 14.2. The van der Waals surface area contributed by atoms with Gasteiger partial charge in [-0.3, -0.25) is 9.78 Å². The highest BCUT2D eigenvalue weighted by atomic mass is 16.5. The lowest BCUT2D eigenvalue weighted by Gasteiger charge is -2.44. The maximum absolute atomic E-state index is 14.2. The van der Waals surface area contributed by atoms with E-state index in [-0.39, 0.29) is 5.78 Å². The zero-order chi connectivity index (χ0) is 22.3. The van der Waals surface area contributed by atoms with E-state index in [0.29, 0.717) is 17.0 Å². The van der Waals surface area contributed by atoms with Crippen LogP contribution in [0.5, 0.6) is 5.75 Å². The Morgan fingerprint density at radius 1 is 0.667 bits per heavy atom. The molecule has 0 radical (unpaired) electrons. The highest BCUT2D eigenvalue weighted by Gasteiger charge is 2.53. The van der Waals surface area contributed by atoms with Crippen LogP contribution in [0.1, 0.15) is 33.1 Å². The summed E-state index contributed by atoms with van der Waals surface area (Å²) in [4.78, 5) is 23.7. The molecule has 158 valence electrons. The summed E-state index contributed by atoms with van der Waals surface area (Å²) in [5, 5.41) is 0. The molecule has 4 aromatic carbocycles. The van der Waals surface area contributed by atoms with Crippen LogP contribution in [-0.2, 0) is 5.60 Å². The first-order valence-corrected chi connectivity index (χ1v) is 10.9. The van der Waals surface area contributed by atoms with Crippen LogP contribution in [-0.4, -0.2) is 15.8 Å². The monoisotopic (exact) mass is 428 g/mol. The Labute approximate surface area is 191 Å². The molecule has 2 heterocycles. The number of carbonyl (C=O) groups excluding carboxylic acids is 1. The van der Waals surface area contributed by atoms with Gasteiger partial charge in [-0.2, -0.15) is 0 Å². The molecule has 0 spiro atoms. The topological polar surface area (TPSA) is 52.1 Å². The smallest absolute Gasteiger partial charge is 0.180 e. The molecule has 5 aromatic rings. The second-order valence-corrected chi connectivity index (χ2v) is 8.15. The van der Waals surface area contributed by atoms with Gasteiger partial charge in [0.15, 0.2) is 11.4 Å². The molecule has 0 saturated carbocycles. The number of benzene rings is 4. The summed E-state index contributed by atoms with van der Waals surface area (Å²) in [6.07, 6.45) is 1.71. The highest BCUT2D eigenvalue weighted by molar-refractivity contribution is 6.05. The van der Waals surface area contributed by atoms with E-state index in [1.807, 2.05) is 109 Å². The number of rotatable bonds is 3. The summed E-state index contributed by atoms with van der Waals surface area (Å²) >= 11 is 0. The molecule has 1 unspecified atom stereocenters. The van der Waals surface area contributed by atoms with Crippen molar-refractivity contribution in [2.24, 2.45) is 0 Å². The van der Waals surface area contributed by atoms with E-state index in [1.54, 1.807) is 6.20 Å². The van der Waals surface area contributed by atoms with Crippen LogP contribution in [0.15, 0.2) is 115 Å². The fourth-order valence-electron chi connectivity index (χ4n) is 4.77. The summed E-state index contributed by atoms with van der Waals surface area (Å²) in [7, 11) is 0. The van der Waals surface area contributed by atoms with E-state index in [2.05, 4.69) is 4.98 Å². The van der Waals surface area contributed by atoms with Gasteiger partial charge in [-0.1, -0.05) is 84.9 Å². The van der Waals surface area contributed by atoms with Crippen LogP contribution < -0.4 is 4.74 Å².